The Labute approximate surface area is 188 Å². The van der Waals surface area contributed by atoms with Crippen LogP contribution < -0.4 is 0 Å². The summed E-state index contributed by atoms with van der Waals surface area (Å²) in [4.78, 5) is 8.42. The standard InChI is InChI=1S/C26H11N7/c27-10-16-1-4-21-22-5-2-17(11-28)8-25(22)33(24(21)7-16)23-6-3-19(9-20(23)13-30)26-31-14-18(12-29)15-32-26/h1-9,14-15H. The van der Waals surface area contributed by atoms with E-state index in [0.29, 0.717) is 39.3 Å². The molecule has 7 heteroatoms. The van der Waals surface area contributed by atoms with Crippen molar-refractivity contribution in [1.82, 2.24) is 14.5 Å². The molecule has 33 heavy (non-hydrogen) atoms. The van der Waals surface area contributed by atoms with Crippen LogP contribution in [0.15, 0.2) is 67.0 Å². The van der Waals surface area contributed by atoms with Gasteiger partial charge in [-0.3, -0.25) is 0 Å². The fourth-order valence-corrected chi connectivity index (χ4v) is 3.91. The smallest absolute Gasteiger partial charge is 0.159 e. The Morgan fingerprint density at radius 2 is 1.18 bits per heavy atom. The van der Waals surface area contributed by atoms with Gasteiger partial charge >= 0.3 is 0 Å². The molecule has 0 radical (unpaired) electrons. The molecule has 5 aromatic rings. The summed E-state index contributed by atoms with van der Waals surface area (Å²) in [5.74, 6) is 0.401. The van der Waals surface area contributed by atoms with Crippen LogP contribution in [0.4, 0.5) is 0 Å². The van der Waals surface area contributed by atoms with E-state index in [9.17, 15) is 15.8 Å². The van der Waals surface area contributed by atoms with Gasteiger partial charge in [-0.1, -0.05) is 12.1 Å². The highest BCUT2D eigenvalue weighted by molar-refractivity contribution is 6.10. The first-order valence-electron chi connectivity index (χ1n) is 9.82. The van der Waals surface area contributed by atoms with Crippen molar-refractivity contribution in [2.24, 2.45) is 0 Å². The molecule has 2 heterocycles. The van der Waals surface area contributed by atoms with Gasteiger partial charge in [-0.25, -0.2) is 9.97 Å². The largest absolute Gasteiger partial charge is 0.308 e. The second kappa shape index (κ2) is 7.64. The highest BCUT2D eigenvalue weighted by Gasteiger charge is 2.17. The Hall–Kier alpha value is -5.50. The number of hydrogen-bond donors (Lipinski definition) is 0. The molecule has 0 amide bonds. The van der Waals surface area contributed by atoms with Crippen LogP contribution in [0, 0.1) is 45.3 Å². The highest BCUT2D eigenvalue weighted by atomic mass is 15.0. The fourth-order valence-electron chi connectivity index (χ4n) is 3.91. The molecule has 0 aliphatic rings. The van der Waals surface area contributed by atoms with E-state index in [1.807, 2.05) is 22.8 Å². The summed E-state index contributed by atoms with van der Waals surface area (Å²) in [6.45, 7) is 0. The van der Waals surface area contributed by atoms with Gasteiger partial charge in [0.1, 0.15) is 12.1 Å². The van der Waals surface area contributed by atoms with E-state index >= 15 is 0 Å². The molecule has 3 aromatic carbocycles. The van der Waals surface area contributed by atoms with Crippen LogP contribution in [0.3, 0.4) is 0 Å². The molecule has 0 aliphatic heterocycles. The summed E-state index contributed by atoms with van der Waals surface area (Å²) in [7, 11) is 0. The lowest BCUT2D eigenvalue weighted by atomic mass is 10.1. The van der Waals surface area contributed by atoms with Crippen molar-refractivity contribution in [3.05, 3.63) is 89.2 Å². The lowest BCUT2D eigenvalue weighted by Crippen LogP contribution is -1.99. The Kier molecular flexibility index (Phi) is 4.50. The average Bonchev–Trinajstić information content (AvgIpc) is 3.20. The predicted molar refractivity (Wildman–Crippen MR) is 121 cm³/mol. The van der Waals surface area contributed by atoms with Crippen molar-refractivity contribution in [3.8, 4) is 41.4 Å². The molecule has 0 spiro atoms. The zero-order valence-electron chi connectivity index (χ0n) is 17.0. The second-order valence-corrected chi connectivity index (χ2v) is 7.27. The second-order valence-electron chi connectivity index (χ2n) is 7.27. The van der Waals surface area contributed by atoms with Gasteiger partial charge in [0, 0.05) is 28.7 Å². The quantitative estimate of drug-likeness (QED) is 0.406. The lowest BCUT2D eigenvalue weighted by Gasteiger charge is -2.11. The molecule has 150 valence electrons. The normalized spacial score (nSPS) is 10.3. The van der Waals surface area contributed by atoms with Crippen LogP contribution in [0.2, 0.25) is 0 Å². The number of nitrogens with zero attached hydrogens (tertiary/aromatic N) is 7. The monoisotopic (exact) mass is 421 g/mol. The number of hydrogen-bond acceptors (Lipinski definition) is 6. The minimum Gasteiger partial charge on any atom is -0.308 e. The van der Waals surface area contributed by atoms with Crippen molar-refractivity contribution in [2.45, 2.75) is 0 Å². The van der Waals surface area contributed by atoms with Gasteiger partial charge in [-0.2, -0.15) is 21.0 Å². The summed E-state index contributed by atoms with van der Waals surface area (Å²) in [5, 5.41) is 39.6. The van der Waals surface area contributed by atoms with Gasteiger partial charge in [0.05, 0.1) is 51.1 Å². The van der Waals surface area contributed by atoms with Crippen LogP contribution in [-0.4, -0.2) is 14.5 Å². The number of aromatic nitrogens is 3. The van der Waals surface area contributed by atoms with E-state index in [1.54, 1.807) is 42.5 Å². The molecular formula is C26H11N7. The first-order chi connectivity index (χ1) is 16.2. The van der Waals surface area contributed by atoms with E-state index < -0.39 is 0 Å². The van der Waals surface area contributed by atoms with Gasteiger partial charge in [-0.05, 0) is 42.5 Å². The first kappa shape index (κ1) is 19.5. The zero-order chi connectivity index (χ0) is 22.9. The van der Waals surface area contributed by atoms with Gasteiger partial charge in [-0.15, -0.1) is 0 Å². The highest BCUT2D eigenvalue weighted by Crippen LogP contribution is 2.35. The molecular weight excluding hydrogens is 410 g/mol. The molecule has 0 atom stereocenters. The van der Waals surface area contributed by atoms with Crippen LogP contribution in [0.25, 0.3) is 38.9 Å². The van der Waals surface area contributed by atoms with E-state index in [2.05, 4.69) is 28.2 Å². The van der Waals surface area contributed by atoms with Crippen molar-refractivity contribution in [3.63, 3.8) is 0 Å². The summed E-state index contributed by atoms with van der Waals surface area (Å²) in [6.07, 6.45) is 2.87. The van der Waals surface area contributed by atoms with Crippen LogP contribution in [-0.2, 0) is 0 Å². The van der Waals surface area contributed by atoms with Crippen LogP contribution >= 0.6 is 0 Å². The maximum Gasteiger partial charge on any atom is 0.159 e. The van der Waals surface area contributed by atoms with E-state index in [-0.39, 0.29) is 0 Å². The molecule has 7 nitrogen and oxygen atoms in total. The van der Waals surface area contributed by atoms with Crippen molar-refractivity contribution in [2.75, 3.05) is 0 Å². The molecule has 0 saturated heterocycles. The zero-order valence-corrected chi connectivity index (χ0v) is 17.0. The molecule has 0 N–H and O–H groups in total. The molecule has 0 bridgehead atoms. The molecule has 0 fully saturated rings. The number of nitriles is 4. The Morgan fingerprint density at radius 1 is 0.606 bits per heavy atom. The SMILES string of the molecule is N#Cc1cnc(-c2ccc(-n3c4cc(C#N)ccc4c4ccc(C#N)cc43)c(C#N)c2)nc1. The minimum atomic E-state index is 0.350. The molecule has 0 unspecified atom stereocenters. The maximum atomic E-state index is 9.96. The number of benzene rings is 3. The summed E-state index contributed by atoms with van der Waals surface area (Å²) in [5.41, 5.74) is 4.49. The van der Waals surface area contributed by atoms with Crippen molar-refractivity contribution < 1.29 is 0 Å². The first-order valence-corrected chi connectivity index (χ1v) is 9.82. The fraction of sp³-hybridized carbons (Fsp3) is 0. The summed E-state index contributed by atoms with van der Waals surface area (Å²) < 4.78 is 1.90. The molecule has 0 aliphatic carbocycles. The maximum absolute atomic E-state index is 9.96. The van der Waals surface area contributed by atoms with E-state index in [4.69, 9.17) is 5.26 Å². The van der Waals surface area contributed by atoms with Crippen molar-refractivity contribution in [1.29, 1.82) is 21.0 Å². The van der Waals surface area contributed by atoms with Gasteiger partial charge in [0.25, 0.3) is 0 Å². The lowest BCUT2D eigenvalue weighted by molar-refractivity contribution is 1.14. The van der Waals surface area contributed by atoms with E-state index in [1.165, 1.54) is 12.4 Å². The Morgan fingerprint density at radius 3 is 1.70 bits per heavy atom. The van der Waals surface area contributed by atoms with Crippen LogP contribution in [0.5, 0.6) is 0 Å². The Balaban J connectivity index is 1.80. The average molecular weight is 421 g/mol. The summed E-state index contributed by atoms with van der Waals surface area (Å²) in [6, 6.07) is 24.7. The predicted octanol–water partition coefficient (Wildman–Crippen LogP) is 4.73. The third-order valence-electron chi connectivity index (χ3n) is 5.42. The molecule has 0 saturated carbocycles. The molecule has 2 aromatic heterocycles. The topological polar surface area (TPSA) is 126 Å². The summed E-state index contributed by atoms with van der Waals surface area (Å²) >= 11 is 0. The number of rotatable bonds is 2. The van der Waals surface area contributed by atoms with Crippen molar-refractivity contribution >= 4 is 21.8 Å². The third kappa shape index (κ3) is 3.11. The van der Waals surface area contributed by atoms with Gasteiger partial charge in [0.2, 0.25) is 0 Å². The van der Waals surface area contributed by atoms with Gasteiger partial charge < -0.3 is 4.57 Å². The molecule has 5 rings (SSSR count). The van der Waals surface area contributed by atoms with Gasteiger partial charge in [0.15, 0.2) is 5.82 Å². The Bertz CT molecular complexity index is 1680. The van der Waals surface area contributed by atoms with E-state index in [0.717, 1.165) is 21.8 Å². The number of fused-ring (bicyclic) bond motifs is 3. The minimum absolute atomic E-state index is 0.350. The van der Waals surface area contributed by atoms with Crippen LogP contribution in [0.1, 0.15) is 22.3 Å². The third-order valence-corrected chi connectivity index (χ3v) is 5.42.